The average Bonchev–Trinajstić information content (AvgIpc) is 3.33. The van der Waals surface area contributed by atoms with Crippen molar-refractivity contribution in [3.8, 4) is 0 Å². The molecule has 3 saturated heterocycles. The summed E-state index contributed by atoms with van der Waals surface area (Å²) in [5.41, 5.74) is 0. The summed E-state index contributed by atoms with van der Waals surface area (Å²) in [6, 6.07) is 0. The Labute approximate surface area is 161 Å². The molecule has 0 N–H and O–H groups in total. The van der Waals surface area contributed by atoms with E-state index in [1.165, 1.54) is 12.8 Å². The third kappa shape index (κ3) is 4.50. The third-order valence-corrected chi connectivity index (χ3v) is 6.16. The van der Waals surface area contributed by atoms with E-state index in [2.05, 4.69) is 31.6 Å². The van der Waals surface area contributed by atoms with Gasteiger partial charge < -0.3 is 14.2 Å². The Balaban J connectivity index is 1.36. The van der Waals surface area contributed by atoms with Gasteiger partial charge in [-0.05, 0) is 38.8 Å². The smallest absolute Gasteiger partial charge is 0.236 e. The van der Waals surface area contributed by atoms with Crippen LogP contribution >= 0.6 is 0 Å². The topological polar surface area (TPSA) is 66.7 Å². The Bertz CT molecular complexity index is 636. The van der Waals surface area contributed by atoms with E-state index in [0.29, 0.717) is 6.54 Å². The SMILES string of the molecule is Cn1c(CN2CCCC2)nnc1[C@@H]1CCCN(C(=O)CN2CCOCC2)C1. The number of amides is 1. The Morgan fingerprint density at radius 3 is 2.59 bits per heavy atom. The number of piperidine rings is 1. The number of rotatable bonds is 5. The van der Waals surface area contributed by atoms with Crippen molar-refractivity contribution >= 4 is 5.91 Å². The lowest BCUT2D eigenvalue weighted by molar-refractivity contribution is -0.134. The molecule has 3 aliphatic heterocycles. The molecule has 1 amide bonds. The number of aromatic nitrogens is 3. The van der Waals surface area contributed by atoms with Crippen LogP contribution in [0, 0.1) is 0 Å². The van der Waals surface area contributed by atoms with Crippen LogP contribution in [0.25, 0.3) is 0 Å². The Kier molecular flexibility index (Phi) is 6.04. The van der Waals surface area contributed by atoms with Crippen molar-refractivity contribution in [2.75, 3.05) is 59.0 Å². The zero-order valence-corrected chi connectivity index (χ0v) is 16.5. The maximum atomic E-state index is 12.8. The standard InChI is InChI=1S/C19H32N6O2/c1-22-17(14-23-6-2-3-7-23)20-21-19(22)16-5-4-8-25(13-16)18(26)15-24-9-11-27-12-10-24/h16H,2-15H2,1H3/t16-/m1/s1. The van der Waals surface area contributed by atoms with Gasteiger partial charge in [0.15, 0.2) is 0 Å². The third-order valence-electron chi connectivity index (χ3n) is 6.16. The lowest BCUT2D eigenvalue weighted by atomic mass is 9.97. The van der Waals surface area contributed by atoms with Crippen LogP contribution in [0.4, 0.5) is 0 Å². The molecule has 0 unspecified atom stereocenters. The van der Waals surface area contributed by atoms with Gasteiger partial charge in [-0.3, -0.25) is 14.6 Å². The summed E-state index contributed by atoms with van der Waals surface area (Å²) < 4.78 is 7.54. The summed E-state index contributed by atoms with van der Waals surface area (Å²) >= 11 is 0. The summed E-state index contributed by atoms with van der Waals surface area (Å²) in [7, 11) is 2.08. The van der Waals surface area contributed by atoms with Gasteiger partial charge in [0.2, 0.25) is 5.91 Å². The van der Waals surface area contributed by atoms with Crippen LogP contribution in [0.2, 0.25) is 0 Å². The number of hydrogen-bond donors (Lipinski definition) is 0. The molecule has 4 heterocycles. The van der Waals surface area contributed by atoms with E-state index in [-0.39, 0.29) is 11.8 Å². The fourth-order valence-corrected chi connectivity index (χ4v) is 4.47. The number of ether oxygens (including phenoxy) is 1. The Morgan fingerprint density at radius 2 is 1.81 bits per heavy atom. The number of carbonyl (C=O) groups excluding carboxylic acids is 1. The van der Waals surface area contributed by atoms with Crippen LogP contribution in [-0.4, -0.2) is 94.4 Å². The van der Waals surface area contributed by atoms with Gasteiger partial charge in [0, 0.05) is 39.1 Å². The summed E-state index contributed by atoms with van der Waals surface area (Å²) in [4.78, 5) is 19.4. The predicted molar refractivity (Wildman–Crippen MR) is 101 cm³/mol. The van der Waals surface area contributed by atoms with Gasteiger partial charge >= 0.3 is 0 Å². The first-order chi connectivity index (χ1) is 13.2. The van der Waals surface area contributed by atoms with Crippen molar-refractivity contribution in [1.29, 1.82) is 0 Å². The van der Waals surface area contributed by atoms with Gasteiger partial charge in [-0.25, -0.2) is 0 Å². The van der Waals surface area contributed by atoms with Gasteiger partial charge in [-0.1, -0.05) is 0 Å². The minimum atomic E-state index is 0.237. The molecule has 3 aliphatic rings. The van der Waals surface area contributed by atoms with Gasteiger partial charge in [-0.2, -0.15) is 0 Å². The van der Waals surface area contributed by atoms with E-state index >= 15 is 0 Å². The van der Waals surface area contributed by atoms with Gasteiger partial charge in [0.05, 0.1) is 26.3 Å². The molecule has 150 valence electrons. The van der Waals surface area contributed by atoms with Crippen LogP contribution < -0.4 is 0 Å². The van der Waals surface area contributed by atoms with Crippen molar-refractivity contribution in [2.24, 2.45) is 7.05 Å². The highest BCUT2D eigenvalue weighted by atomic mass is 16.5. The van der Waals surface area contributed by atoms with Gasteiger partial charge in [0.1, 0.15) is 11.6 Å². The van der Waals surface area contributed by atoms with E-state index < -0.39 is 0 Å². The molecule has 0 saturated carbocycles. The van der Waals surface area contributed by atoms with Gasteiger partial charge in [-0.15, -0.1) is 10.2 Å². The number of morpholine rings is 1. The van der Waals surface area contributed by atoms with Crippen molar-refractivity contribution < 1.29 is 9.53 Å². The van der Waals surface area contributed by atoms with Crippen LogP contribution in [0.1, 0.15) is 43.3 Å². The number of nitrogens with zero attached hydrogens (tertiary/aromatic N) is 6. The molecule has 0 aromatic carbocycles. The molecular weight excluding hydrogens is 344 g/mol. The Hall–Kier alpha value is -1.51. The maximum absolute atomic E-state index is 12.8. The van der Waals surface area contributed by atoms with E-state index in [0.717, 1.165) is 83.5 Å². The highest BCUT2D eigenvalue weighted by molar-refractivity contribution is 5.78. The molecular formula is C19H32N6O2. The maximum Gasteiger partial charge on any atom is 0.236 e. The largest absolute Gasteiger partial charge is 0.379 e. The van der Waals surface area contributed by atoms with Crippen molar-refractivity contribution in [3.05, 3.63) is 11.6 Å². The molecule has 4 rings (SSSR count). The molecule has 1 atom stereocenters. The van der Waals surface area contributed by atoms with E-state index in [1.807, 2.05) is 4.90 Å². The molecule has 1 aromatic rings. The van der Waals surface area contributed by atoms with Crippen LogP contribution in [0.3, 0.4) is 0 Å². The van der Waals surface area contributed by atoms with Crippen molar-refractivity contribution in [2.45, 2.75) is 38.1 Å². The number of carbonyl (C=O) groups is 1. The summed E-state index contributed by atoms with van der Waals surface area (Å²) in [6.45, 7) is 8.51. The first-order valence-electron chi connectivity index (χ1n) is 10.4. The predicted octanol–water partition coefficient (Wildman–Crippen LogP) is 0.449. The van der Waals surface area contributed by atoms with Crippen molar-refractivity contribution in [1.82, 2.24) is 29.5 Å². The minimum Gasteiger partial charge on any atom is -0.379 e. The van der Waals surface area contributed by atoms with Crippen LogP contribution in [0.15, 0.2) is 0 Å². The second-order valence-electron chi connectivity index (χ2n) is 8.08. The lowest BCUT2D eigenvalue weighted by Gasteiger charge is -2.34. The van der Waals surface area contributed by atoms with Crippen LogP contribution in [-0.2, 0) is 23.1 Å². The summed E-state index contributed by atoms with van der Waals surface area (Å²) in [5.74, 6) is 2.61. The monoisotopic (exact) mass is 376 g/mol. The van der Waals surface area contributed by atoms with Gasteiger partial charge in [0.25, 0.3) is 0 Å². The molecule has 27 heavy (non-hydrogen) atoms. The quantitative estimate of drug-likeness (QED) is 0.743. The fourth-order valence-electron chi connectivity index (χ4n) is 4.47. The molecule has 0 radical (unpaired) electrons. The molecule has 3 fully saturated rings. The molecule has 8 nitrogen and oxygen atoms in total. The first kappa shape index (κ1) is 18.8. The van der Waals surface area contributed by atoms with E-state index in [4.69, 9.17) is 4.74 Å². The number of hydrogen-bond acceptors (Lipinski definition) is 6. The summed E-state index contributed by atoms with van der Waals surface area (Å²) in [5, 5.41) is 8.98. The zero-order valence-electron chi connectivity index (χ0n) is 16.5. The molecule has 0 spiro atoms. The molecule has 8 heteroatoms. The zero-order chi connectivity index (χ0) is 18.6. The molecule has 0 bridgehead atoms. The Morgan fingerprint density at radius 1 is 1.04 bits per heavy atom. The highest BCUT2D eigenvalue weighted by Gasteiger charge is 2.29. The lowest BCUT2D eigenvalue weighted by Crippen LogP contribution is -2.47. The minimum absolute atomic E-state index is 0.237. The van der Waals surface area contributed by atoms with Crippen LogP contribution in [0.5, 0.6) is 0 Å². The van der Waals surface area contributed by atoms with E-state index in [1.54, 1.807) is 0 Å². The van der Waals surface area contributed by atoms with E-state index in [9.17, 15) is 4.79 Å². The molecule has 1 aromatic heterocycles. The fraction of sp³-hybridized carbons (Fsp3) is 0.842. The first-order valence-corrected chi connectivity index (χ1v) is 10.4. The summed E-state index contributed by atoms with van der Waals surface area (Å²) in [6.07, 6.45) is 4.69. The van der Waals surface area contributed by atoms with Crippen molar-refractivity contribution in [3.63, 3.8) is 0 Å². The second kappa shape index (κ2) is 8.67. The molecule has 0 aliphatic carbocycles. The second-order valence-corrected chi connectivity index (χ2v) is 8.08. The average molecular weight is 377 g/mol. The normalized spacial score (nSPS) is 25.2. The highest BCUT2D eigenvalue weighted by Crippen LogP contribution is 2.26. The number of likely N-dealkylation sites (tertiary alicyclic amines) is 2.